The molecule has 0 aromatic heterocycles. The third-order valence-corrected chi connectivity index (χ3v) is 10.5. The van der Waals surface area contributed by atoms with E-state index in [9.17, 15) is 0 Å². The van der Waals surface area contributed by atoms with Gasteiger partial charge in [0.25, 0.3) is 0 Å². The SMILES string of the molecule is CC1=C(c2ccccc2)[B-](c2ccccc2)(c2ccccc2)[P+](C)(C)C1. The number of benzene rings is 3. The molecule has 0 bridgehead atoms. The van der Waals surface area contributed by atoms with Crippen LogP contribution < -0.4 is 10.9 Å². The Labute approximate surface area is 158 Å². The fraction of sp³-hybridized carbons (Fsp3) is 0.167. The molecule has 0 nitrogen and oxygen atoms in total. The molecule has 0 N–H and O–H groups in total. The largest absolute Gasteiger partial charge is 0.246 e. The Kier molecular flexibility index (Phi) is 4.37. The molecule has 0 spiro atoms. The minimum atomic E-state index is -1.27. The summed E-state index contributed by atoms with van der Waals surface area (Å²) in [6.45, 7) is 7.48. The molecule has 0 saturated heterocycles. The predicted molar refractivity (Wildman–Crippen MR) is 121 cm³/mol. The molecule has 0 unspecified atom stereocenters. The zero-order valence-corrected chi connectivity index (χ0v) is 16.8. The zero-order chi connectivity index (χ0) is 18.2. The van der Waals surface area contributed by atoms with Crippen molar-refractivity contribution in [1.82, 2.24) is 0 Å². The Morgan fingerprint density at radius 2 is 1.08 bits per heavy atom. The van der Waals surface area contributed by atoms with Gasteiger partial charge in [-0.2, -0.15) is 10.9 Å². The van der Waals surface area contributed by atoms with Gasteiger partial charge in [0.05, 0.1) is 0 Å². The van der Waals surface area contributed by atoms with E-state index in [1.54, 1.807) is 11.0 Å². The third kappa shape index (κ3) is 2.50. The molecule has 2 heteroatoms. The van der Waals surface area contributed by atoms with Crippen LogP contribution in [-0.2, 0) is 0 Å². The van der Waals surface area contributed by atoms with Gasteiger partial charge in [0.2, 0.25) is 5.87 Å². The lowest BCUT2D eigenvalue weighted by atomic mass is 9.32. The van der Waals surface area contributed by atoms with E-state index < -0.39 is 13.0 Å². The first-order valence-corrected chi connectivity index (χ1v) is 12.4. The Hall–Kier alpha value is -2.11. The Balaban J connectivity index is 2.11. The molecule has 3 aromatic carbocycles. The summed E-state index contributed by atoms with van der Waals surface area (Å²) in [5, 5.41) is 0. The minimum Gasteiger partial charge on any atom is -0.158 e. The molecule has 130 valence electrons. The van der Waals surface area contributed by atoms with Crippen molar-refractivity contribution in [3.63, 3.8) is 0 Å². The van der Waals surface area contributed by atoms with Crippen LogP contribution in [0.1, 0.15) is 12.5 Å². The van der Waals surface area contributed by atoms with Crippen molar-refractivity contribution in [2.24, 2.45) is 0 Å². The van der Waals surface area contributed by atoms with Crippen LogP contribution in [0.25, 0.3) is 5.47 Å². The number of allylic oxidation sites excluding steroid dienone is 1. The number of rotatable bonds is 3. The normalized spacial score (nSPS) is 18.1. The van der Waals surface area contributed by atoms with Crippen molar-refractivity contribution in [2.75, 3.05) is 19.5 Å². The van der Waals surface area contributed by atoms with Gasteiger partial charge in [-0.3, -0.25) is 0 Å². The smallest absolute Gasteiger partial charge is 0.158 e. The summed E-state index contributed by atoms with van der Waals surface area (Å²) in [6.07, 6.45) is 1.24. The van der Waals surface area contributed by atoms with Crippen LogP contribution in [0.4, 0.5) is 0 Å². The van der Waals surface area contributed by atoms with Gasteiger partial charge in [0.1, 0.15) is 0 Å². The quantitative estimate of drug-likeness (QED) is 0.455. The Bertz CT molecular complexity index is 888. The van der Waals surface area contributed by atoms with Crippen LogP contribution in [0.3, 0.4) is 0 Å². The highest BCUT2D eigenvalue weighted by atomic mass is 31.2. The summed E-state index contributed by atoms with van der Waals surface area (Å²) < 4.78 is 0. The van der Waals surface area contributed by atoms with E-state index in [0.717, 1.165) is 0 Å². The lowest BCUT2D eigenvalue weighted by molar-refractivity contribution is 1.42. The molecule has 0 radical (unpaired) electrons. The minimum absolute atomic E-state index is 0.947. The van der Waals surface area contributed by atoms with E-state index in [-0.39, 0.29) is 0 Å². The maximum Gasteiger partial charge on any atom is 0.246 e. The van der Waals surface area contributed by atoms with Crippen LogP contribution in [0.5, 0.6) is 0 Å². The van der Waals surface area contributed by atoms with Crippen LogP contribution in [0.15, 0.2) is 96.6 Å². The van der Waals surface area contributed by atoms with Gasteiger partial charge in [-0.05, 0) is 6.92 Å². The monoisotopic (exact) mass is 356 g/mol. The van der Waals surface area contributed by atoms with Gasteiger partial charge in [-0.15, -0.1) is 12.6 Å². The molecule has 1 aliphatic heterocycles. The summed E-state index contributed by atoms with van der Waals surface area (Å²) >= 11 is 0. The molecular formula is C24H26BP. The molecule has 3 aromatic rings. The van der Waals surface area contributed by atoms with E-state index in [4.69, 9.17) is 0 Å². The summed E-state index contributed by atoms with van der Waals surface area (Å²) in [5.74, 6) is -0.947. The molecular weight excluding hydrogens is 330 g/mol. The van der Waals surface area contributed by atoms with Gasteiger partial charge in [0.15, 0.2) is 0 Å². The lowest BCUT2D eigenvalue weighted by Gasteiger charge is -2.46. The molecule has 0 saturated carbocycles. The summed E-state index contributed by atoms with van der Waals surface area (Å²) in [5.41, 5.74) is 7.53. The highest BCUT2D eigenvalue weighted by molar-refractivity contribution is 8.14. The number of hydrogen-bond donors (Lipinski definition) is 0. The molecule has 26 heavy (non-hydrogen) atoms. The Morgan fingerprint density at radius 1 is 0.654 bits per heavy atom. The van der Waals surface area contributed by atoms with Gasteiger partial charge in [0, 0.05) is 19.5 Å². The van der Waals surface area contributed by atoms with Gasteiger partial charge in [-0.25, -0.2) is 0 Å². The summed E-state index contributed by atoms with van der Waals surface area (Å²) in [6, 6.07) is 33.6. The first kappa shape index (κ1) is 17.3. The standard InChI is InChI=1S/C24H26BP/c1-20-19-26(2,3)25(22-15-9-5-10-16-22,23-17-11-6-12-18-23)24(20)21-13-7-4-8-14-21/h4-18H,19H2,1-3H3. The highest BCUT2D eigenvalue weighted by Crippen LogP contribution is 2.69. The van der Waals surface area contributed by atoms with Crippen LogP contribution in [0, 0.1) is 0 Å². The predicted octanol–water partition coefficient (Wildman–Crippen LogP) is 5.05. The molecule has 0 aliphatic carbocycles. The van der Waals surface area contributed by atoms with Crippen molar-refractivity contribution in [3.8, 4) is 0 Å². The lowest BCUT2D eigenvalue weighted by Crippen LogP contribution is -2.59. The fourth-order valence-corrected chi connectivity index (χ4v) is 10.1. The first-order valence-electron chi connectivity index (χ1n) is 9.42. The van der Waals surface area contributed by atoms with Crippen LogP contribution in [-0.4, -0.2) is 25.4 Å². The second kappa shape index (κ2) is 6.56. The molecule has 4 rings (SSSR count). The zero-order valence-electron chi connectivity index (χ0n) is 15.9. The fourth-order valence-electron chi connectivity index (χ4n) is 5.44. The van der Waals surface area contributed by atoms with E-state index in [1.165, 1.54) is 22.7 Å². The van der Waals surface area contributed by atoms with E-state index >= 15 is 0 Å². The molecule has 0 atom stereocenters. The average molecular weight is 356 g/mol. The second-order valence-electron chi connectivity index (χ2n) is 8.14. The van der Waals surface area contributed by atoms with E-state index in [2.05, 4.69) is 111 Å². The highest BCUT2D eigenvalue weighted by Gasteiger charge is 2.55. The van der Waals surface area contributed by atoms with Crippen molar-refractivity contribution < 1.29 is 0 Å². The second-order valence-corrected chi connectivity index (χ2v) is 12.8. The van der Waals surface area contributed by atoms with Crippen molar-refractivity contribution in [1.29, 1.82) is 0 Å². The van der Waals surface area contributed by atoms with E-state index in [0.29, 0.717) is 0 Å². The van der Waals surface area contributed by atoms with E-state index in [1.807, 2.05) is 0 Å². The number of hydrogen-bond acceptors (Lipinski definition) is 0. The first-order chi connectivity index (χ1) is 12.6. The maximum absolute atomic E-state index is 2.56. The Morgan fingerprint density at radius 3 is 1.54 bits per heavy atom. The van der Waals surface area contributed by atoms with Gasteiger partial charge < -0.3 is 0 Å². The van der Waals surface area contributed by atoms with Gasteiger partial charge >= 0.3 is 0 Å². The molecule has 0 fully saturated rings. The topological polar surface area (TPSA) is 0 Å². The molecule has 1 heterocycles. The van der Waals surface area contributed by atoms with Crippen molar-refractivity contribution in [3.05, 3.63) is 102 Å². The third-order valence-electron chi connectivity index (χ3n) is 6.22. The average Bonchev–Trinajstić information content (AvgIpc) is 2.89. The molecule has 1 aliphatic rings. The van der Waals surface area contributed by atoms with Crippen LogP contribution >= 0.6 is 7.14 Å². The molecule has 0 amide bonds. The summed E-state index contributed by atoms with van der Waals surface area (Å²) in [7, 11) is -1.27. The van der Waals surface area contributed by atoms with Crippen LogP contribution in [0.2, 0.25) is 0 Å². The maximum atomic E-state index is 2.56. The summed E-state index contributed by atoms with van der Waals surface area (Å²) in [4.78, 5) is 0. The van der Waals surface area contributed by atoms with Crippen molar-refractivity contribution >= 4 is 29.4 Å². The van der Waals surface area contributed by atoms with Gasteiger partial charge in [-0.1, -0.05) is 102 Å². The van der Waals surface area contributed by atoms with Crippen molar-refractivity contribution in [2.45, 2.75) is 6.92 Å².